The van der Waals surface area contributed by atoms with Gasteiger partial charge in [0.15, 0.2) is 5.70 Å². The second-order valence-corrected chi connectivity index (χ2v) is 11.7. The molecule has 32 heavy (non-hydrogen) atoms. The number of benzene rings is 3. The van der Waals surface area contributed by atoms with Crippen LogP contribution in [0.5, 0.6) is 5.75 Å². The molecule has 0 saturated heterocycles. The summed E-state index contributed by atoms with van der Waals surface area (Å²) in [4.78, 5) is 16.8. The number of rotatable bonds is 5. The van der Waals surface area contributed by atoms with Gasteiger partial charge in [0.05, 0.1) is 8.95 Å². The summed E-state index contributed by atoms with van der Waals surface area (Å²) in [5, 5.41) is 0. The third kappa shape index (κ3) is 5.83. The van der Waals surface area contributed by atoms with Gasteiger partial charge in [0.2, 0.25) is 5.90 Å². The average molecular weight is 844 g/mol. The van der Waals surface area contributed by atoms with Crippen molar-refractivity contribution in [3.05, 3.63) is 97.5 Å². The van der Waals surface area contributed by atoms with E-state index in [9.17, 15) is 4.79 Å². The van der Waals surface area contributed by atoms with E-state index in [2.05, 4.69) is 104 Å². The SMILES string of the molecule is O=C1OC(c2ccc(I)c(Br)c2)=N/C1=C\c1cc(Br)c(OCc2cccc(I)c2)c(Br)c1. The number of nitrogens with zero attached hydrogens (tertiary/aromatic N) is 1. The van der Waals surface area contributed by atoms with Crippen LogP contribution in [0.1, 0.15) is 16.7 Å². The van der Waals surface area contributed by atoms with E-state index in [0.29, 0.717) is 12.4 Å². The lowest BCUT2D eigenvalue weighted by Gasteiger charge is -2.12. The van der Waals surface area contributed by atoms with E-state index >= 15 is 0 Å². The Morgan fingerprint density at radius 2 is 1.72 bits per heavy atom. The minimum Gasteiger partial charge on any atom is -0.487 e. The normalized spacial score (nSPS) is 14.5. The maximum absolute atomic E-state index is 12.4. The summed E-state index contributed by atoms with van der Waals surface area (Å²) in [5.74, 6) is 0.489. The van der Waals surface area contributed by atoms with E-state index in [1.807, 2.05) is 48.5 Å². The summed E-state index contributed by atoms with van der Waals surface area (Å²) in [6, 6.07) is 17.6. The molecule has 0 unspecified atom stereocenters. The summed E-state index contributed by atoms with van der Waals surface area (Å²) in [6.45, 7) is 0.444. The Bertz CT molecular complexity index is 1270. The van der Waals surface area contributed by atoms with Crippen molar-refractivity contribution in [2.45, 2.75) is 6.61 Å². The zero-order valence-electron chi connectivity index (χ0n) is 16.0. The molecule has 0 N–H and O–H groups in total. The van der Waals surface area contributed by atoms with Gasteiger partial charge in [-0.05, 0) is 153 Å². The molecular weight excluding hydrogens is 832 g/mol. The predicted molar refractivity (Wildman–Crippen MR) is 153 cm³/mol. The van der Waals surface area contributed by atoms with Crippen LogP contribution in [0, 0.1) is 7.14 Å². The summed E-state index contributed by atoms with van der Waals surface area (Å²) >= 11 is 15.1. The van der Waals surface area contributed by atoms with Gasteiger partial charge in [-0.2, -0.15) is 0 Å². The Balaban J connectivity index is 1.56. The van der Waals surface area contributed by atoms with Crippen LogP contribution in [0.15, 0.2) is 78.7 Å². The van der Waals surface area contributed by atoms with Crippen LogP contribution in [-0.4, -0.2) is 11.9 Å². The number of hydrogen-bond donors (Lipinski definition) is 0. The summed E-state index contributed by atoms with van der Waals surface area (Å²) in [6.07, 6.45) is 1.69. The highest BCUT2D eigenvalue weighted by atomic mass is 127. The first-order chi connectivity index (χ1) is 15.3. The summed E-state index contributed by atoms with van der Waals surface area (Å²) in [5.41, 5.74) is 2.84. The van der Waals surface area contributed by atoms with Gasteiger partial charge in [-0.1, -0.05) is 12.1 Å². The van der Waals surface area contributed by atoms with Gasteiger partial charge >= 0.3 is 5.97 Å². The molecule has 0 amide bonds. The van der Waals surface area contributed by atoms with E-state index < -0.39 is 5.97 Å². The fraction of sp³-hybridized carbons (Fsp3) is 0.0435. The first-order valence-corrected chi connectivity index (χ1v) is 13.7. The quantitative estimate of drug-likeness (QED) is 0.148. The standard InChI is InChI=1S/C23H12Br3I2NO3/c24-16-10-14(4-5-19(16)28)22-29-20(23(30)32-22)9-13-7-17(25)21(18(26)8-13)31-11-12-2-1-3-15(27)6-12/h1-10H,11H2/b20-9-. The molecule has 0 saturated carbocycles. The fourth-order valence-corrected chi connectivity index (χ4v) is 5.68. The summed E-state index contributed by atoms with van der Waals surface area (Å²) in [7, 11) is 0. The van der Waals surface area contributed by atoms with Crippen molar-refractivity contribution in [2.24, 2.45) is 4.99 Å². The molecule has 1 aliphatic heterocycles. The molecule has 0 fully saturated rings. The van der Waals surface area contributed by atoms with Crippen molar-refractivity contribution in [1.29, 1.82) is 0 Å². The van der Waals surface area contributed by atoms with E-state index in [0.717, 1.165) is 37.2 Å². The first kappa shape index (κ1) is 24.4. The van der Waals surface area contributed by atoms with Gasteiger partial charge < -0.3 is 9.47 Å². The van der Waals surface area contributed by atoms with Gasteiger partial charge in [-0.3, -0.25) is 0 Å². The van der Waals surface area contributed by atoms with Gasteiger partial charge in [0.1, 0.15) is 12.4 Å². The molecule has 3 aromatic rings. The zero-order chi connectivity index (χ0) is 22.8. The second-order valence-electron chi connectivity index (χ2n) is 6.70. The Morgan fingerprint density at radius 3 is 2.41 bits per heavy atom. The highest BCUT2D eigenvalue weighted by molar-refractivity contribution is 14.1. The van der Waals surface area contributed by atoms with Crippen molar-refractivity contribution < 1.29 is 14.3 Å². The summed E-state index contributed by atoms with van der Waals surface area (Å²) < 4.78 is 16.1. The molecule has 0 aliphatic carbocycles. The molecule has 0 atom stereocenters. The van der Waals surface area contributed by atoms with Crippen LogP contribution < -0.4 is 4.74 Å². The molecule has 4 nitrogen and oxygen atoms in total. The predicted octanol–water partition coefficient (Wildman–Crippen LogP) is 8.11. The highest BCUT2D eigenvalue weighted by Gasteiger charge is 2.24. The van der Waals surface area contributed by atoms with Crippen molar-refractivity contribution in [3.63, 3.8) is 0 Å². The van der Waals surface area contributed by atoms with Crippen molar-refractivity contribution in [2.75, 3.05) is 0 Å². The van der Waals surface area contributed by atoms with Crippen LogP contribution >= 0.6 is 93.0 Å². The highest BCUT2D eigenvalue weighted by Crippen LogP contribution is 2.36. The first-order valence-electron chi connectivity index (χ1n) is 9.14. The maximum Gasteiger partial charge on any atom is 0.363 e. The molecule has 9 heteroatoms. The number of halogens is 5. The topological polar surface area (TPSA) is 47.9 Å². The number of aliphatic imine (C=N–C) groups is 1. The van der Waals surface area contributed by atoms with Crippen molar-refractivity contribution in [3.8, 4) is 5.75 Å². The molecule has 0 radical (unpaired) electrons. The lowest BCUT2D eigenvalue weighted by molar-refractivity contribution is -0.129. The van der Waals surface area contributed by atoms with E-state index in [1.165, 1.54) is 0 Å². The number of hydrogen-bond acceptors (Lipinski definition) is 4. The van der Waals surface area contributed by atoms with Gasteiger partial charge in [-0.25, -0.2) is 9.79 Å². The number of carbonyl (C=O) groups is 1. The molecular formula is C23H12Br3I2NO3. The molecule has 1 aliphatic rings. The number of carbonyl (C=O) groups excluding carboxylic acids is 1. The second kappa shape index (κ2) is 10.7. The number of ether oxygens (including phenoxy) is 2. The lowest BCUT2D eigenvalue weighted by atomic mass is 10.2. The number of esters is 1. The van der Waals surface area contributed by atoms with E-state index in [4.69, 9.17) is 9.47 Å². The largest absolute Gasteiger partial charge is 0.487 e. The van der Waals surface area contributed by atoms with Crippen molar-refractivity contribution in [1.82, 2.24) is 0 Å². The van der Waals surface area contributed by atoms with E-state index in [-0.39, 0.29) is 11.6 Å². The van der Waals surface area contributed by atoms with Gasteiger partial charge in [0.25, 0.3) is 0 Å². The Morgan fingerprint density at radius 1 is 0.969 bits per heavy atom. The molecule has 162 valence electrons. The lowest BCUT2D eigenvalue weighted by Crippen LogP contribution is -2.05. The fourth-order valence-electron chi connectivity index (χ4n) is 2.90. The molecule has 3 aromatic carbocycles. The average Bonchev–Trinajstić information content (AvgIpc) is 3.10. The van der Waals surface area contributed by atoms with Crippen LogP contribution in [0.2, 0.25) is 0 Å². The number of cyclic esters (lactones) is 1. The van der Waals surface area contributed by atoms with Crippen LogP contribution in [0.3, 0.4) is 0 Å². The Kier molecular flexibility index (Phi) is 8.12. The minimum atomic E-state index is -0.485. The zero-order valence-corrected chi connectivity index (χ0v) is 25.1. The van der Waals surface area contributed by atoms with Crippen LogP contribution in [-0.2, 0) is 16.1 Å². The third-order valence-corrected chi connectivity index (χ3v) is 8.57. The van der Waals surface area contributed by atoms with Gasteiger partial charge in [0, 0.05) is 17.2 Å². The minimum absolute atomic E-state index is 0.237. The maximum atomic E-state index is 12.4. The van der Waals surface area contributed by atoms with Crippen molar-refractivity contribution >= 4 is 111 Å². The molecule has 0 bridgehead atoms. The molecule has 0 aromatic heterocycles. The smallest absolute Gasteiger partial charge is 0.363 e. The Hall–Kier alpha value is -0.760. The molecule has 0 spiro atoms. The monoisotopic (exact) mass is 841 g/mol. The molecule has 4 rings (SSSR count). The van der Waals surface area contributed by atoms with E-state index in [1.54, 1.807) is 6.08 Å². The van der Waals surface area contributed by atoms with Gasteiger partial charge in [-0.15, -0.1) is 0 Å². The third-order valence-electron chi connectivity index (χ3n) is 4.38. The van der Waals surface area contributed by atoms with Crippen LogP contribution in [0.4, 0.5) is 0 Å². The molecule has 1 heterocycles. The van der Waals surface area contributed by atoms with Crippen LogP contribution in [0.25, 0.3) is 6.08 Å². The Labute approximate surface area is 237 Å².